The SMILES string of the molecule is Cc1ccc(-c2ccsn2)cc1C(=O)O. The van der Waals surface area contributed by atoms with Crippen LogP contribution in [0.4, 0.5) is 0 Å². The van der Waals surface area contributed by atoms with Crippen LogP contribution in [0.5, 0.6) is 0 Å². The molecule has 1 heterocycles. The van der Waals surface area contributed by atoms with E-state index in [4.69, 9.17) is 5.11 Å². The lowest BCUT2D eigenvalue weighted by atomic mass is 10.0. The first-order valence-corrected chi connectivity index (χ1v) is 5.27. The fourth-order valence-corrected chi connectivity index (χ4v) is 1.90. The highest BCUT2D eigenvalue weighted by Gasteiger charge is 2.09. The summed E-state index contributed by atoms with van der Waals surface area (Å²) in [6.07, 6.45) is 0. The maximum atomic E-state index is 10.9. The van der Waals surface area contributed by atoms with Gasteiger partial charge >= 0.3 is 5.97 Å². The number of hydrogen-bond acceptors (Lipinski definition) is 3. The van der Waals surface area contributed by atoms with Crippen LogP contribution in [0, 0.1) is 6.92 Å². The van der Waals surface area contributed by atoms with Gasteiger partial charge in [0.2, 0.25) is 0 Å². The van der Waals surface area contributed by atoms with Crippen LogP contribution in [-0.2, 0) is 0 Å². The van der Waals surface area contributed by atoms with Gasteiger partial charge in [0.25, 0.3) is 0 Å². The lowest BCUT2D eigenvalue weighted by molar-refractivity contribution is 0.0696. The molecule has 1 aromatic heterocycles. The maximum absolute atomic E-state index is 10.9. The zero-order chi connectivity index (χ0) is 10.8. The van der Waals surface area contributed by atoms with Gasteiger partial charge in [-0.1, -0.05) is 12.1 Å². The fraction of sp³-hybridized carbons (Fsp3) is 0.0909. The van der Waals surface area contributed by atoms with Crippen molar-refractivity contribution in [2.75, 3.05) is 0 Å². The molecule has 0 amide bonds. The minimum Gasteiger partial charge on any atom is -0.478 e. The molecule has 1 N–H and O–H groups in total. The molecule has 4 heteroatoms. The van der Waals surface area contributed by atoms with Crippen LogP contribution in [0.25, 0.3) is 11.3 Å². The van der Waals surface area contributed by atoms with E-state index in [1.165, 1.54) is 11.5 Å². The van der Waals surface area contributed by atoms with Crippen LogP contribution in [0.3, 0.4) is 0 Å². The van der Waals surface area contributed by atoms with Crippen molar-refractivity contribution in [2.24, 2.45) is 0 Å². The summed E-state index contributed by atoms with van der Waals surface area (Å²) >= 11 is 1.36. The predicted octanol–water partition coefficient (Wildman–Crippen LogP) is 2.82. The van der Waals surface area contributed by atoms with Crippen molar-refractivity contribution in [2.45, 2.75) is 6.92 Å². The molecular weight excluding hydrogens is 210 g/mol. The first-order valence-electron chi connectivity index (χ1n) is 4.43. The van der Waals surface area contributed by atoms with E-state index in [0.717, 1.165) is 16.8 Å². The lowest BCUT2D eigenvalue weighted by Gasteiger charge is -2.02. The molecule has 0 spiro atoms. The number of aromatic nitrogens is 1. The van der Waals surface area contributed by atoms with E-state index < -0.39 is 5.97 Å². The molecule has 0 unspecified atom stereocenters. The van der Waals surface area contributed by atoms with Gasteiger partial charge in [-0.25, -0.2) is 4.79 Å². The van der Waals surface area contributed by atoms with Crippen LogP contribution < -0.4 is 0 Å². The average Bonchev–Trinajstić information content (AvgIpc) is 2.71. The quantitative estimate of drug-likeness (QED) is 0.844. The topological polar surface area (TPSA) is 50.2 Å². The highest BCUT2D eigenvalue weighted by Crippen LogP contribution is 2.21. The summed E-state index contributed by atoms with van der Waals surface area (Å²) in [7, 11) is 0. The molecule has 0 aliphatic heterocycles. The maximum Gasteiger partial charge on any atom is 0.335 e. The van der Waals surface area contributed by atoms with Gasteiger partial charge in [0, 0.05) is 10.9 Å². The molecule has 76 valence electrons. The number of benzene rings is 1. The summed E-state index contributed by atoms with van der Waals surface area (Å²) in [6, 6.07) is 7.22. The van der Waals surface area contributed by atoms with E-state index in [9.17, 15) is 4.79 Å². The smallest absolute Gasteiger partial charge is 0.335 e. The van der Waals surface area contributed by atoms with Gasteiger partial charge in [-0.05, 0) is 36.2 Å². The fourth-order valence-electron chi connectivity index (χ4n) is 1.37. The summed E-state index contributed by atoms with van der Waals surface area (Å²) in [5, 5.41) is 10.8. The Bertz CT molecular complexity index is 491. The van der Waals surface area contributed by atoms with Crippen LogP contribution >= 0.6 is 11.5 Å². The molecule has 0 saturated carbocycles. The van der Waals surface area contributed by atoms with E-state index in [0.29, 0.717) is 5.56 Å². The van der Waals surface area contributed by atoms with Gasteiger partial charge in [-0.2, -0.15) is 4.37 Å². The summed E-state index contributed by atoms with van der Waals surface area (Å²) < 4.78 is 4.17. The zero-order valence-corrected chi connectivity index (χ0v) is 8.91. The molecule has 1 aromatic carbocycles. The Morgan fingerprint density at radius 3 is 2.80 bits per heavy atom. The number of carboxylic acid groups (broad SMARTS) is 1. The Hall–Kier alpha value is -1.68. The van der Waals surface area contributed by atoms with Crippen molar-refractivity contribution in [3.63, 3.8) is 0 Å². The molecule has 0 fully saturated rings. The first kappa shape index (κ1) is 9.86. The zero-order valence-electron chi connectivity index (χ0n) is 8.10. The van der Waals surface area contributed by atoms with E-state index in [1.54, 1.807) is 19.1 Å². The predicted molar refractivity (Wildman–Crippen MR) is 59.2 cm³/mol. The number of nitrogens with zero attached hydrogens (tertiary/aromatic N) is 1. The number of aryl methyl sites for hydroxylation is 1. The van der Waals surface area contributed by atoms with Crippen molar-refractivity contribution >= 4 is 17.5 Å². The third-order valence-electron chi connectivity index (χ3n) is 2.20. The molecule has 0 aliphatic rings. The summed E-state index contributed by atoms with van der Waals surface area (Å²) in [5.41, 5.74) is 2.77. The number of carbonyl (C=O) groups is 1. The third kappa shape index (κ3) is 1.89. The highest BCUT2D eigenvalue weighted by atomic mass is 32.1. The molecule has 0 radical (unpaired) electrons. The van der Waals surface area contributed by atoms with Gasteiger partial charge < -0.3 is 5.11 Å². The standard InChI is InChI=1S/C11H9NO2S/c1-7-2-3-8(6-9(7)11(13)14)10-4-5-15-12-10/h2-6H,1H3,(H,13,14). The van der Waals surface area contributed by atoms with Gasteiger partial charge in [0.05, 0.1) is 11.3 Å². The number of rotatable bonds is 2. The van der Waals surface area contributed by atoms with E-state index >= 15 is 0 Å². The van der Waals surface area contributed by atoms with E-state index in [-0.39, 0.29) is 0 Å². The highest BCUT2D eigenvalue weighted by molar-refractivity contribution is 7.03. The molecule has 2 aromatic rings. The van der Waals surface area contributed by atoms with Crippen LogP contribution in [0.15, 0.2) is 29.6 Å². The molecule has 0 aliphatic carbocycles. The van der Waals surface area contributed by atoms with Crippen molar-refractivity contribution in [3.8, 4) is 11.3 Å². The minimum atomic E-state index is -0.899. The molecule has 3 nitrogen and oxygen atoms in total. The van der Waals surface area contributed by atoms with Crippen LogP contribution in [0.1, 0.15) is 15.9 Å². The number of carboxylic acids is 1. The Kier molecular flexibility index (Phi) is 2.51. The molecule has 0 saturated heterocycles. The molecule has 15 heavy (non-hydrogen) atoms. The van der Waals surface area contributed by atoms with Gasteiger partial charge in [-0.3, -0.25) is 0 Å². The Labute approximate surface area is 91.2 Å². The average molecular weight is 219 g/mol. The summed E-state index contributed by atoms with van der Waals surface area (Å²) in [5.74, 6) is -0.899. The van der Waals surface area contributed by atoms with Crippen LogP contribution in [0.2, 0.25) is 0 Å². The van der Waals surface area contributed by atoms with Crippen molar-refractivity contribution in [3.05, 3.63) is 40.8 Å². The Balaban J connectivity index is 2.52. The largest absolute Gasteiger partial charge is 0.478 e. The van der Waals surface area contributed by atoms with Gasteiger partial charge in [0.1, 0.15) is 0 Å². The van der Waals surface area contributed by atoms with E-state index in [1.807, 2.05) is 17.5 Å². The second-order valence-electron chi connectivity index (χ2n) is 3.22. The van der Waals surface area contributed by atoms with Crippen molar-refractivity contribution in [1.29, 1.82) is 0 Å². The molecule has 0 bridgehead atoms. The molecular formula is C11H9NO2S. The van der Waals surface area contributed by atoms with Gasteiger partial charge in [0.15, 0.2) is 0 Å². The van der Waals surface area contributed by atoms with E-state index in [2.05, 4.69) is 4.37 Å². The number of hydrogen-bond donors (Lipinski definition) is 1. The second kappa shape index (κ2) is 3.82. The Morgan fingerprint density at radius 2 is 2.20 bits per heavy atom. The van der Waals surface area contributed by atoms with Crippen LogP contribution in [-0.4, -0.2) is 15.4 Å². The monoisotopic (exact) mass is 219 g/mol. The van der Waals surface area contributed by atoms with Gasteiger partial charge in [-0.15, -0.1) is 0 Å². The molecule has 2 rings (SSSR count). The molecule has 0 atom stereocenters. The first-order chi connectivity index (χ1) is 7.18. The summed E-state index contributed by atoms with van der Waals surface area (Å²) in [6.45, 7) is 1.79. The third-order valence-corrected chi connectivity index (χ3v) is 2.76. The lowest BCUT2D eigenvalue weighted by Crippen LogP contribution is -1.99. The summed E-state index contributed by atoms with van der Waals surface area (Å²) in [4.78, 5) is 10.9. The Morgan fingerprint density at radius 1 is 1.40 bits per heavy atom. The number of aromatic carboxylic acids is 1. The second-order valence-corrected chi connectivity index (χ2v) is 3.89. The van der Waals surface area contributed by atoms with Crippen molar-refractivity contribution in [1.82, 2.24) is 4.37 Å². The normalized spacial score (nSPS) is 10.2. The van der Waals surface area contributed by atoms with Crippen molar-refractivity contribution < 1.29 is 9.90 Å². The minimum absolute atomic E-state index is 0.334.